The van der Waals surface area contributed by atoms with Gasteiger partial charge in [-0.3, -0.25) is 9.69 Å². The quantitative estimate of drug-likeness (QED) is 0.849. The van der Waals surface area contributed by atoms with Crippen LogP contribution in [0.4, 0.5) is 4.79 Å². The molecule has 2 amide bonds. The van der Waals surface area contributed by atoms with Crippen molar-refractivity contribution < 1.29 is 14.3 Å². The lowest BCUT2D eigenvalue weighted by atomic mass is 9.94. The molecule has 1 heterocycles. The molecular formula is C19H24N2O3. The van der Waals surface area contributed by atoms with E-state index in [1.807, 2.05) is 39.0 Å². The first kappa shape index (κ1) is 17.9. The number of hydrogen-bond donors (Lipinski definition) is 1. The Morgan fingerprint density at radius 3 is 2.58 bits per heavy atom. The van der Waals surface area contributed by atoms with Crippen molar-refractivity contribution in [2.75, 3.05) is 6.54 Å². The molecule has 128 valence electrons. The van der Waals surface area contributed by atoms with Gasteiger partial charge in [0, 0.05) is 13.1 Å². The van der Waals surface area contributed by atoms with E-state index >= 15 is 0 Å². The molecule has 1 aromatic rings. The molecule has 1 N–H and O–H groups in total. The summed E-state index contributed by atoms with van der Waals surface area (Å²) in [6.45, 7) is 7.97. The third kappa shape index (κ3) is 4.76. The van der Waals surface area contributed by atoms with Crippen LogP contribution in [0.15, 0.2) is 24.3 Å². The van der Waals surface area contributed by atoms with Crippen LogP contribution in [0.1, 0.15) is 38.8 Å². The number of rotatable bonds is 2. The average molecular weight is 328 g/mol. The maximum absolute atomic E-state index is 12.6. The second-order valence-corrected chi connectivity index (χ2v) is 6.82. The molecule has 1 aliphatic rings. The maximum atomic E-state index is 12.6. The van der Waals surface area contributed by atoms with Gasteiger partial charge in [-0.05, 0) is 51.2 Å². The Balaban J connectivity index is 2.17. The zero-order valence-electron chi connectivity index (χ0n) is 14.7. The Kier molecular flexibility index (Phi) is 5.50. The van der Waals surface area contributed by atoms with E-state index < -0.39 is 5.60 Å². The van der Waals surface area contributed by atoms with Crippen molar-refractivity contribution in [3.63, 3.8) is 0 Å². The van der Waals surface area contributed by atoms with Crippen LogP contribution in [-0.4, -0.2) is 35.1 Å². The highest BCUT2D eigenvalue weighted by Gasteiger charge is 2.32. The number of nitrogens with zero attached hydrogens (tertiary/aromatic N) is 1. The average Bonchev–Trinajstić information content (AvgIpc) is 2.50. The molecule has 2 rings (SSSR count). The van der Waals surface area contributed by atoms with Crippen LogP contribution in [0, 0.1) is 11.8 Å². The first-order chi connectivity index (χ1) is 11.3. The molecule has 0 aliphatic carbocycles. The Labute approximate surface area is 143 Å². The van der Waals surface area contributed by atoms with E-state index in [2.05, 4.69) is 23.2 Å². The van der Waals surface area contributed by atoms with Crippen molar-refractivity contribution >= 4 is 12.0 Å². The van der Waals surface area contributed by atoms with Gasteiger partial charge in [-0.15, -0.1) is 0 Å². The predicted molar refractivity (Wildman–Crippen MR) is 92.2 cm³/mol. The number of fused-ring (bicyclic) bond motifs is 1. The van der Waals surface area contributed by atoms with Gasteiger partial charge in [-0.25, -0.2) is 4.79 Å². The smallest absolute Gasteiger partial charge is 0.410 e. The predicted octanol–water partition coefficient (Wildman–Crippen LogP) is 2.49. The molecule has 24 heavy (non-hydrogen) atoms. The molecule has 0 radical (unpaired) electrons. The monoisotopic (exact) mass is 328 g/mol. The van der Waals surface area contributed by atoms with Crippen molar-refractivity contribution in [2.24, 2.45) is 0 Å². The van der Waals surface area contributed by atoms with Crippen molar-refractivity contribution in [3.8, 4) is 11.8 Å². The molecule has 0 saturated heterocycles. The van der Waals surface area contributed by atoms with Gasteiger partial charge in [-0.2, -0.15) is 0 Å². The highest BCUT2D eigenvalue weighted by atomic mass is 16.6. The first-order valence-electron chi connectivity index (χ1n) is 8.07. The van der Waals surface area contributed by atoms with E-state index in [4.69, 9.17) is 4.74 Å². The SMILES string of the molecule is CC#CC(=O)NCC1Cc2ccccc2CN1C(=O)OC(C)(C)C. The lowest BCUT2D eigenvalue weighted by molar-refractivity contribution is -0.116. The number of amides is 2. The fourth-order valence-electron chi connectivity index (χ4n) is 2.67. The largest absolute Gasteiger partial charge is 0.444 e. The summed E-state index contributed by atoms with van der Waals surface area (Å²) < 4.78 is 5.52. The van der Waals surface area contributed by atoms with E-state index in [9.17, 15) is 9.59 Å². The van der Waals surface area contributed by atoms with Gasteiger partial charge in [0.2, 0.25) is 0 Å². The van der Waals surface area contributed by atoms with E-state index in [-0.39, 0.29) is 18.0 Å². The van der Waals surface area contributed by atoms with Crippen LogP contribution < -0.4 is 5.32 Å². The number of benzene rings is 1. The molecule has 0 spiro atoms. The van der Waals surface area contributed by atoms with Gasteiger partial charge >= 0.3 is 6.09 Å². The van der Waals surface area contributed by atoms with Crippen molar-refractivity contribution in [1.29, 1.82) is 0 Å². The zero-order chi connectivity index (χ0) is 17.7. The number of nitrogens with one attached hydrogen (secondary N) is 1. The van der Waals surface area contributed by atoms with E-state index in [1.54, 1.807) is 11.8 Å². The van der Waals surface area contributed by atoms with Crippen molar-refractivity contribution in [3.05, 3.63) is 35.4 Å². The molecule has 0 saturated carbocycles. The van der Waals surface area contributed by atoms with Crippen LogP contribution in [0.25, 0.3) is 0 Å². The van der Waals surface area contributed by atoms with E-state index in [0.29, 0.717) is 19.5 Å². The second kappa shape index (κ2) is 7.39. The minimum atomic E-state index is -0.560. The van der Waals surface area contributed by atoms with Crippen LogP contribution in [0.3, 0.4) is 0 Å². The minimum Gasteiger partial charge on any atom is -0.444 e. The number of carbonyl (C=O) groups is 2. The van der Waals surface area contributed by atoms with Crippen LogP contribution >= 0.6 is 0 Å². The van der Waals surface area contributed by atoms with Crippen LogP contribution in [-0.2, 0) is 22.5 Å². The van der Waals surface area contributed by atoms with Gasteiger partial charge in [0.05, 0.1) is 6.04 Å². The molecule has 0 bridgehead atoms. The Morgan fingerprint density at radius 1 is 1.29 bits per heavy atom. The molecule has 1 aromatic carbocycles. The number of ether oxygens (including phenoxy) is 1. The molecule has 1 atom stereocenters. The summed E-state index contributed by atoms with van der Waals surface area (Å²) in [6, 6.07) is 7.87. The highest BCUT2D eigenvalue weighted by Crippen LogP contribution is 2.25. The third-order valence-corrected chi connectivity index (χ3v) is 3.72. The summed E-state index contributed by atoms with van der Waals surface area (Å²) in [4.78, 5) is 25.9. The summed E-state index contributed by atoms with van der Waals surface area (Å²) in [7, 11) is 0. The lowest BCUT2D eigenvalue weighted by Gasteiger charge is -2.37. The highest BCUT2D eigenvalue weighted by molar-refractivity contribution is 5.93. The molecule has 1 aliphatic heterocycles. The van der Waals surface area contributed by atoms with Crippen molar-refractivity contribution in [1.82, 2.24) is 10.2 Å². The number of hydrogen-bond acceptors (Lipinski definition) is 3. The lowest BCUT2D eigenvalue weighted by Crippen LogP contribution is -2.51. The van der Waals surface area contributed by atoms with Gasteiger partial charge in [0.1, 0.15) is 5.60 Å². The third-order valence-electron chi connectivity index (χ3n) is 3.72. The van der Waals surface area contributed by atoms with Gasteiger partial charge in [-0.1, -0.05) is 30.2 Å². The standard InChI is InChI=1S/C19H24N2O3/c1-5-8-17(22)20-12-16-11-14-9-6-7-10-15(14)13-21(16)18(23)24-19(2,3)4/h6-7,9-10,16H,11-13H2,1-4H3,(H,20,22). The summed E-state index contributed by atoms with van der Waals surface area (Å²) in [6.07, 6.45) is 0.313. The van der Waals surface area contributed by atoms with E-state index in [0.717, 1.165) is 5.56 Å². The minimum absolute atomic E-state index is 0.155. The van der Waals surface area contributed by atoms with Gasteiger partial charge < -0.3 is 10.1 Å². The normalized spacial score (nSPS) is 16.5. The molecule has 5 nitrogen and oxygen atoms in total. The van der Waals surface area contributed by atoms with Gasteiger partial charge in [0.25, 0.3) is 5.91 Å². The van der Waals surface area contributed by atoms with Crippen LogP contribution in [0.2, 0.25) is 0 Å². The summed E-state index contributed by atoms with van der Waals surface area (Å²) >= 11 is 0. The molecule has 5 heteroatoms. The Hall–Kier alpha value is -2.48. The fourth-order valence-corrected chi connectivity index (χ4v) is 2.67. The molecular weight excluding hydrogens is 304 g/mol. The zero-order valence-corrected chi connectivity index (χ0v) is 14.7. The maximum Gasteiger partial charge on any atom is 0.410 e. The Morgan fingerprint density at radius 2 is 1.96 bits per heavy atom. The molecule has 0 fully saturated rings. The van der Waals surface area contributed by atoms with Crippen molar-refractivity contribution in [2.45, 2.75) is 52.3 Å². The second-order valence-electron chi connectivity index (χ2n) is 6.82. The van der Waals surface area contributed by atoms with E-state index in [1.165, 1.54) is 5.56 Å². The summed E-state index contributed by atoms with van der Waals surface area (Å²) in [5.74, 6) is 4.69. The molecule has 1 unspecified atom stereocenters. The summed E-state index contributed by atoms with van der Waals surface area (Å²) in [5.41, 5.74) is 1.74. The first-order valence-corrected chi connectivity index (χ1v) is 8.07. The fraction of sp³-hybridized carbons (Fsp3) is 0.474. The van der Waals surface area contributed by atoms with Gasteiger partial charge in [0.15, 0.2) is 0 Å². The summed E-state index contributed by atoms with van der Waals surface area (Å²) in [5, 5.41) is 2.77. The van der Waals surface area contributed by atoms with Crippen LogP contribution in [0.5, 0.6) is 0 Å². The topological polar surface area (TPSA) is 58.6 Å². The number of carbonyl (C=O) groups excluding carboxylic acids is 2. The Bertz CT molecular complexity index is 680. The molecule has 0 aromatic heterocycles.